The number of amides is 1. The van der Waals surface area contributed by atoms with Gasteiger partial charge in [0.15, 0.2) is 5.82 Å². The van der Waals surface area contributed by atoms with E-state index in [4.69, 9.17) is 9.97 Å². The fraction of sp³-hybridized carbons (Fsp3) is 0.115. The zero-order valence-electron chi connectivity index (χ0n) is 16.8. The Hall–Kier alpha value is -3.86. The predicted octanol–water partition coefficient (Wildman–Crippen LogP) is 5.23. The maximum Gasteiger partial charge on any atom is 0.230 e. The zero-order valence-corrected chi connectivity index (χ0v) is 16.8. The van der Waals surface area contributed by atoms with Gasteiger partial charge in [0, 0.05) is 11.1 Å². The molecule has 0 atom stereocenters. The molecular formula is C26H20FN3O. The molecule has 0 spiro atoms. The molecule has 1 aliphatic carbocycles. The minimum absolute atomic E-state index is 0.143. The second kappa shape index (κ2) is 8.11. The Balaban J connectivity index is 1.56. The van der Waals surface area contributed by atoms with E-state index in [1.165, 1.54) is 6.07 Å². The van der Waals surface area contributed by atoms with Crippen molar-refractivity contribution in [1.29, 1.82) is 0 Å². The Morgan fingerprint density at radius 1 is 0.871 bits per heavy atom. The van der Waals surface area contributed by atoms with Crippen molar-refractivity contribution >= 4 is 11.7 Å². The largest absolute Gasteiger partial charge is 0.309 e. The van der Waals surface area contributed by atoms with Crippen LogP contribution in [0.5, 0.6) is 0 Å². The van der Waals surface area contributed by atoms with E-state index < -0.39 is 0 Å². The highest BCUT2D eigenvalue weighted by Gasteiger charge is 2.23. The van der Waals surface area contributed by atoms with Crippen LogP contribution < -0.4 is 5.32 Å². The lowest BCUT2D eigenvalue weighted by atomic mass is 9.91. The van der Waals surface area contributed by atoms with E-state index in [-0.39, 0.29) is 18.1 Å². The minimum atomic E-state index is -0.247. The van der Waals surface area contributed by atoms with Crippen molar-refractivity contribution in [2.45, 2.75) is 19.3 Å². The number of nitrogens with zero attached hydrogens (tertiary/aromatic N) is 2. The molecule has 1 N–H and O–H groups in total. The average Bonchev–Trinajstić information content (AvgIpc) is 2.79. The number of halogens is 1. The third kappa shape index (κ3) is 3.94. The Morgan fingerprint density at radius 3 is 2.39 bits per heavy atom. The summed E-state index contributed by atoms with van der Waals surface area (Å²) in [6.07, 6.45) is 1.60. The van der Waals surface area contributed by atoms with Gasteiger partial charge in [0.05, 0.1) is 17.8 Å². The normalized spacial score (nSPS) is 12.0. The van der Waals surface area contributed by atoms with Gasteiger partial charge in [-0.2, -0.15) is 0 Å². The molecule has 0 bridgehead atoms. The summed E-state index contributed by atoms with van der Waals surface area (Å²) in [5, 5.41) is 2.97. The zero-order chi connectivity index (χ0) is 21.2. The summed E-state index contributed by atoms with van der Waals surface area (Å²) in [6.45, 7) is 0. The van der Waals surface area contributed by atoms with Gasteiger partial charge in [-0.05, 0) is 42.2 Å². The fourth-order valence-electron chi connectivity index (χ4n) is 3.96. The maximum absolute atomic E-state index is 13.7. The van der Waals surface area contributed by atoms with Gasteiger partial charge in [0.25, 0.3) is 0 Å². The number of hydrogen-bond acceptors (Lipinski definition) is 3. The molecule has 4 nitrogen and oxygen atoms in total. The number of anilines is 1. The topological polar surface area (TPSA) is 54.9 Å². The third-order valence-corrected chi connectivity index (χ3v) is 5.43. The highest BCUT2D eigenvalue weighted by Crippen LogP contribution is 2.35. The molecule has 0 saturated heterocycles. The molecule has 1 aromatic heterocycles. The van der Waals surface area contributed by atoms with Crippen molar-refractivity contribution in [3.63, 3.8) is 0 Å². The van der Waals surface area contributed by atoms with Crippen molar-refractivity contribution in [1.82, 2.24) is 9.97 Å². The van der Waals surface area contributed by atoms with Crippen LogP contribution in [0.3, 0.4) is 0 Å². The van der Waals surface area contributed by atoms with Gasteiger partial charge in [-0.15, -0.1) is 0 Å². The summed E-state index contributed by atoms with van der Waals surface area (Å²) >= 11 is 0. The molecule has 31 heavy (non-hydrogen) atoms. The highest BCUT2D eigenvalue weighted by atomic mass is 19.1. The van der Waals surface area contributed by atoms with Crippen LogP contribution in [0.2, 0.25) is 0 Å². The maximum atomic E-state index is 13.7. The number of benzene rings is 3. The third-order valence-electron chi connectivity index (χ3n) is 5.43. The second-order valence-corrected chi connectivity index (χ2v) is 7.59. The molecule has 1 aliphatic rings. The van der Waals surface area contributed by atoms with E-state index in [0.29, 0.717) is 24.4 Å². The van der Waals surface area contributed by atoms with E-state index >= 15 is 0 Å². The number of hydrogen-bond donors (Lipinski definition) is 1. The van der Waals surface area contributed by atoms with Gasteiger partial charge in [-0.25, -0.2) is 14.4 Å². The van der Waals surface area contributed by atoms with E-state index in [1.807, 2.05) is 60.7 Å². The Morgan fingerprint density at radius 2 is 1.61 bits per heavy atom. The smallest absolute Gasteiger partial charge is 0.230 e. The quantitative estimate of drug-likeness (QED) is 0.502. The molecule has 5 rings (SSSR count). The molecule has 5 heteroatoms. The van der Waals surface area contributed by atoms with E-state index in [2.05, 4.69) is 5.32 Å². The van der Waals surface area contributed by atoms with Gasteiger partial charge in [-0.3, -0.25) is 4.79 Å². The molecule has 1 heterocycles. The first-order valence-electron chi connectivity index (χ1n) is 10.3. The average molecular weight is 409 g/mol. The van der Waals surface area contributed by atoms with Crippen molar-refractivity contribution < 1.29 is 9.18 Å². The van der Waals surface area contributed by atoms with Crippen LogP contribution in [0.15, 0.2) is 78.9 Å². The lowest BCUT2D eigenvalue weighted by Gasteiger charge is -2.21. The molecule has 3 aromatic carbocycles. The van der Waals surface area contributed by atoms with Crippen molar-refractivity contribution in [3.05, 3.63) is 102 Å². The summed E-state index contributed by atoms with van der Waals surface area (Å²) in [6, 6.07) is 24.0. The molecule has 0 unspecified atom stereocenters. The fourth-order valence-corrected chi connectivity index (χ4v) is 3.96. The molecule has 0 saturated carbocycles. The number of carbonyl (C=O) groups excluding carboxylic acids is 1. The van der Waals surface area contributed by atoms with Crippen LogP contribution in [-0.2, 0) is 24.1 Å². The Kier molecular flexibility index (Phi) is 5.00. The number of fused-ring (bicyclic) bond motifs is 3. The summed E-state index contributed by atoms with van der Waals surface area (Å²) in [5.41, 5.74) is 5.80. The summed E-state index contributed by atoms with van der Waals surface area (Å²) in [5.74, 6) is 0.0654. The number of aryl methyl sites for hydroxylation is 2. The number of nitrogens with one attached hydrogen (secondary N) is 1. The minimum Gasteiger partial charge on any atom is -0.309 e. The summed E-state index contributed by atoms with van der Waals surface area (Å²) in [4.78, 5) is 22.5. The highest BCUT2D eigenvalue weighted by molar-refractivity contribution is 5.95. The van der Waals surface area contributed by atoms with Gasteiger partial charge < -0.3 is 5.32 Å². The van der Waals surface area contributed by atoms with Crippen LogP contribution in [-0.4, -0.2) is 15.9 Å². The van der Waals surface area contributed by atoms with Crippen molar-refractivity contribution in [3.8, 4) is 22.5 Å². The molecule has 152 valence electrons. The SMILES string of the molecule is O=C(Cc1ccccc1)Nc1nc2c(nc1-c1ccccc1)-c1ccc(F)cc1CC2. The van der Waals surface area contributed by atoms with Crippen LogP contribution in [0, 0.1) is 5.82 Å². The number of aromatic nitrogens is 2. The van der Waals surface area contributed by atoms with Gasteiger partial charge in [-0.1, -0.05) is 60.7 Å². The molecule has 0 fully saturated rings. The van der Waals surface area contributed by atoms with Gasteiger partial charge >= 0.3 is 0 Å². The first-order chi connectivity index (χ1) is 15.2. The molecular weight excluding hydrogens is 389 g/mol. The standard InChI is InChI=1S/C26H20FN3O/c27-20-12-13-21-19(16-20)11-14-22-25(21)30-24(18-9-5-2-6-10-18)26(28-22)29-23(31)15-17-7-3-1-4-8-17/h1-10,12-13,16H,11,14-15H2,(H,28,29,31). The van der Waals surface area contributed by atoms with E-state index in [9.17, 15) is 9.18 Å². The van der Waals surface area contributed by atoms with Crippen LogP contribution >= 0.6 is 0 Å². The number of carbonyl (C=O) groups is 1. The first-order valence-corrected chi connectivity index (χ1v) is 10.3. The molecule has 0 aliphatic heterocycles. The Labute approximate surface area is 179 Å². The van der Waals surface area contributed by atoms with Gasteiger partial charge in [0.2, 0.25) is 5.91 Å². The van der Waals surface area contributed by atoms with Crippen molar-refractivity contribution in [2.75, 3.05) is 5.32 Å². The second-order valence-electron chi connectivity index (χ2n) is 7.59. The van der Waals surface area contributed by atoms with E-state index in [0.717, 1.165) is 33.6 Å². The summed E-state index contributed by atoms with van der Waals surface area (Å²) in [7, 11) is 0. The van der Waals surface area contributed by atoms with Gasteiger partial charge in [0.1, 0.15) is 11.5 Å². The monoisotopic (exact) mass is 409 g/mol. The van der Waals surface area contributed by atoms with Crippen LogP contribution in [0.25, 0.3) is 22.5 Å². The number of rotatable bonds is 4. The first kappa shape index (κ1) is 19.1. The predicted molar refractivity (Wildman–Crippen MR) is 119 cm³/mol. The lowest BCUT2D eigenvalue weighted by Crippen LogP contribution is -2.18. The van der Waals surface area contributed by atoms with Crippen LogP contribution in [0.4, 0.5) is 10.2 Å². The summed E-state index contributed by atoms with van der Waals surface area (Å²) < 4.78 is 13.7. The molecule has 1 amide bonds. The van der Waals surface area contributed by atoms with Crippen LogP contribution in [0.1, 0.15) is 16.8 Å². The molecule has 0 radical (unpaired) electrons. The lowest BCUT2D eigenvalue weighted by molar-refractivity contribution is -0.115. The Bertz CT molecular complexity index is 1260. The molecule has 4 aromatic rings. The van der Waals surface area contributed by atoms with Crippen molar-refractivity contribution in [2.24, 2.45) is 0 Å². The van der Waals surface area contributed by atoms with E-state index in [1.54, 1.807) is 12.1 Å².